The third kappa shape index (κ3) is 4.31. The van der Waals surface area contributed by atoms with Crippen molar-refractivity contribution >= 4 is 22.2 Å². The topological polar surface area (TPSA) is 0 Å². The van der Waals surface area contributed by atoms with Gasteiger partial charge in [0.2, 0.25) is 0 Å². The summed E-state index contributed by atoms with van der Waals surface area (Å²) in [6, 6.07) is 0. The van der Waals surface area contributed by atoms with Gasteiger partial charge in [0.25, 0.3) is 0 Å². The zero-order valence-electron chi connectivity index (χ0n) is 3.46. The molecule has 0 amide bonds. The third-order valence-corrected chi connectivity index (χ3v) is 1.17. The molecule has 0 saturated carbocycles. The molecular formula is C4H5AlP. The SMILES string of the molecule is C=CC=C[P]=[Al]. The molecule has 1 radical (unpaired) electrons. The van der Waals surface area contributed by atoms with E-state index in [-0.39, 0.29) is 0 Å². The Morgan fingerprint density at radius 1 is 1.67 bits per heavy atom. The molecule has 0 N–H and O–H groups in total. The van der Waals surface area contributed by atoms with Crippen LogP contribution in [0.5, 0.6) is 0 Å². The Balaban J connectivity index is 3.17. The predicted molar refractivity (Wildman–Crippen MR) is 32.0 cm³/mol. The summed E-state index contributed by atoms with van der Waals surface area (Å²) in [7, 11) is 0. The minimum atomic E-state index is 1.21. The van der Waals surface area contributed by atoms with Gasteiger partial charge in [-0.15, -0.1) is 0 Å². The molecule has 0 aromatic heterocycles. The van der Waals surface area contributed by atoms with E-state index < -0.39 is 0 Å². The van der Waals surface area contributed by atoms with Crippen molar-refractivity contribution in [2.45, 2.75) is 0 Å². The standard InChI is InChI=1S/C4H5P.Al/c1-2-3-4-5;/h2-4H,1H2;. The molecule has 0 aromatic carbocycles. The third-order valence-electron chi connectivity index (χ3n) is 0.308. The fraction of sp³-hybridized carbons (Fsp3) is 0. The monoisotopic (exact) mass is 111 g/mol. The maximum absolute atomic E-state index is 3.50. The average Bonchev–Trinajstić information content (AvgIpc) is 1.61. The Kier molecular flexibility index (Phi) is 5.59. The normalized spacial score (nSPS) is 9.83. The second-order valence-electron chi connectivity index (χ2n) is 0.726. The number of rotatable bonds is 2. The summed E-state index contributed by atoms with van der Waals surface area (Å²) in [5.74, 6) is 2.00. The van der Waals surface area contributed by atoms with Crippen LogP contribution in [-0.4, -0.2) is 15.4 Å². The van der Waals surface area contributed by atoms with Gasteiger partial charge in [0.15, 0.2) is 0 Å². The van der Waals surface area contributed by atoms with Crippen molar-refractivity contribution < 1.29 is 0 Å². The van der Waals surface area contributed by atoms with Gasteiger partial charge in [0.05, 0.1) is 0 Å². The first-order chi connectivity index (χ1) is 2.91. The van der Waals surface area contributed by atoms with Crippen LogP contribution in [0, 0.1) is 0 Å². The first kappa shape index (κ1) is 6.31. The second kappa shape index (κ2) is 5.31. The van der Waals surface area contributed by atoms with E-state index >= 15 is 0 Å². The summed E-state index contributed by atoms with van der Waals surface area (Å²) in [6.45, 7) is 4.71. The van der Waals surface area contributed by atoms with E-state index in [4.69, 9.17) is 0 Å². The van der Waals surface area contributed by atoms with Crippen molar-refractivity contribution in [2.24, 2.45) is 0 Å². The maximum atomic E-state index is 3.50. The molecule has 0 bridgehead atoms. The van der Waals surface area contributed by atoms with Gasteiger partial charge in [0.1, 0.15) is 0 Å². The van der Waals surface area contributed by atoms with Crippen LogP contribution in [0.3, 0.4) is 0 Å². The Morgan fingerprint density at radius 3 is 2.50 bits per heavy atom. The Labute approximate surface area is 47.2 Å². The summed E-state index contributed by atoms with van der Waals surface area (Å²) < 4.78 is 0. The zero-order valence-corrected chi connectivity index (χ0v) is 5.51. The van der Waals surface area contributed by atoms with Crippen LogP contribution in [0.25, 0.3) is 0 Å². The van der Waals surface area contributed by atoms with Gasteiger partial charge in [0, 0.05) is 0 Å². The molecule has 2 heteroatoms. The van der Waals surface area contributed by atoms with Gasteiger partial charge >= 0.3 is 46.7 Å². The fourth-order valence-electron chi connectivity index (χ4n) is 0.111. The van der Waals surface area contributed by atoms with E-state index in [1.165, 1.54) is 6.78 Å². The van der Waals surface area contributed by atoms with Crippen LogP contribution in [0.1, 0.15) is 0 Å². The molecule has 0 atom stereocenters. The first-order valence-corrected chi connectivity index (χ1v) is 4.17. The first-order valence-electron chi connectivity index (χ1n) is 1.59. The van der Waals surface area contributed by atoms with Gasteiger partial charge in [-0.2, -0.15) is 0 Å². The van der Waals surface area contributed by atoms with E-state index in [2.05, 4.69) is 21.9 Å². The summed E-state index contributed by atoms with van der Waals surface area (Å²) in [6.07, 6.45) is 3.67. The van der Waals surface area contributed by atoms with Gasteiger partial charge < -0.3 is 0 Å². The van der Waals surface area contributed by atoms with E-state index in [1.807, 2.05) is 11.9 Å². The van der Waals surface area contributed by atoms with Gasteiger partial charge in [-0.1, -0.05) is 0 Å². The van der Waals surface area contributed by atoms with Crippen LogP contribution in [0.4, 0.5) is 0 Å². The fourth-order valence-corrected chi connectivity index (χ4v) is 0.630. The molecule has 6 heavy (non-hydrogen) atoms. The van der Waals surface area contributed by atoms with Crippen LogP contribution in [-0.2, 0) is 0 Å². The van der Waals surface area contributed by atoms with Crippen molar-refractivity contribution in [3.63, 3.8) is 0 Å². The van der Waals surface area contributed by atoms with Crippen molar-refractivity contribution in [3.8, 4) is 0 Å². The number of allylic oxidation sites excluding steroid dienone is 2. The molecule has 0 unspecified atom stereocenters. The van der Waals surface area contributed by atoms with Crippen LogP contribution in [0.15, 0.2) is 24.5 Å². The summed E-state index contributed by atoms with van der Waals surface area (Å²) in [4.78, 5) is 0. The zero-order chi connectivity index (χ0) is 4.83. The molecule has 0 rings (SSSR count). The molecule has 29 valence electrons. The molecule has 0 aliphatic carbocycles. The molecule has 0 aromatic rings. The van der Waals surface area contributed by atoms with E-state index in [0.29, 0.717) is 0 Å². The second-order valence-corrected chi connectivity index (χ2v) is 2.22. The molecule has 0 aliphatic rings. The van der Waals surface area contributed by atoms with Crippen LogP contribution < -0.4 is 0 Å². The number of hydrogen-bond acceptors (Lipinski definition) is 0. The van der Waals surface area contributed by atoms with Gasteiger partial charge in [-0.25, -0.2) is 0 Å². The van der Waals surface area contributed by atoms with E-state index in [9.17, 15) is 0 Å². The van der Waals surface area contributed by atoms with E-state index in [1.54, 1.807) is 6.08 Å². The molecule has 0 nitrogen and oxygen atoms in total. The quantitative estimate of drug-likeness (QED) is 0.289. The Morgan fingerprint density at radius 2 is 2.33 bits per heavy atom. The van der Waals surface area contributed by atoms with Crippen LogP contribution >= 0.6 is 6.78 Å². The summed E-state index contributed by atoms with van der Waals surface area (Å²) in [5, 5.41) is 0. The van der Waals surface area contributed by atoms with Gasteiger partial charge in [-0.3, -0.25) is 0 Å². The minimum absolute atomic E-state index is 1.21. The molecule has 0 fully saturated rings. The van der Waals surface area contributed by atoms with Crippen molar-refractivity contribution in [1.82, 2.24) is 0 Å². The molecule has 0 saturated heterocycles. The average molecular weight is 111 g/mol. The predicted octanol–water partition coefficient (Wildman–Crippen LogP) is 1.72. The molecule has 0 aliphatic heterocycles. The van der Waals surface area contributed by atoms with Crippen molar-refractivity contribution in [1.29, 1.82) is 0 Å². The van der Waals surface area contributed by atoms with Gasteiger partial charge in [-0.05, 0) is 0 Å². The Hall–Kier alpha value is 0.312. The van der Waals surface area contributed by atoms with E-state index in [0.717, 1.165) is 0 Å². The van der Waals surface area contributed by atoms with Crippen molar-refractivity contribution in [3.05, 3.63) is 24.5 Å². The molecule has 0 heterocycles. The Bertz CT molecular complexity index is 65.6. The summed E-state index contributed by atoms with van der Waals surface area (Å²) in [5.41, 5.74) is 0. The van der Waals surface area contributed by atoms with Crippen LogP contribution in [0.2, 0.25) is 0 Å². The molecular weight excluding hydrogens is 106 g/mol. The number of hydrogen-bond donors (Lipinski definition) is 0. The van der Waals surface area contributed by atoms with Crippen molar-refractivity contribution in [2.75, 3.05) is 0 Å². The molecule has 0 spiro atoms. The summed E-state index contributed by atoms with van der Waals surface area (Å²) >= 11 is 2.57.